The van der Waals surface area contributed by atoms with Gasteiger partial charge < -0.3 is 10.6 Å². The van der Waals surface area contributed by atoms with Crippen LogP contribution in [0.25, 0.3) is 0 Å². The molecule has 1 fully saturated rings. The third kappa shape index (κ3) is 4.67. The first-order valence-electron chi connectivity index (χ1n) is 6.81. The Labute approximate surface area is 112 Å². The molecule has 0 aromatic carbocycles. The first-order valence-corrected chi connectivity index (χ1v) is 6.81. The number of rotatable bonds is 4. The number of amides is 1. The minimum absolute atomic E-state index is 0.116. The van der Waals surface area contributed by atoms with Crippen molar-refractivity contribution < 1.29 is 18.0 Å². The zero-order valence-electron chi connectivity index (χ0n) is 11.5. The molecule has 19 heavy (non-hydrogen) atoms. The quantitative estimate of drug-likeness (QED) is 0.859. The third-order valence-corrected chi connectivity index (χ3v) is 3.59. The van der Waals surface area contributed by atoms with Gasteiger partial charge in [0.25, 0.3) is 0 Å². The topological polar surface area (TPSA) is 46.3 Å². The predicted octanol–water partition coefficient (Wildman–Crippen LogP) is 2.41. The average molecular weight is 280 g/mol. The number of piperidine rings is 1. The van der Waals surface area contributed by atoms with E-state index in [1.807, 2.05) is 13.8 Å². The Balaban J connectivity index is 2.65. The average Bonchev–Trinajstić information content (AvgIpc) is 2.34. The van der Waals surface area contributed by atoms with Crippen LogP contribution in [0.3, 0.4) is 0 Å². The van der Waals surface area contributed by atoms with Crippen molar-refractivity contribution in [3.05, 3.63) is 0 Å². The molecule has 1 amide bonds. The molecular weight excluding hydrogens is 257 g/mol. The second-order valence-corrected chi connectivity index (χ2v) is 5.73. The molecule has 1 rings (SSSR count). The normalized spacial score (nSPS) is 22.7. The molecule has 2 atom stereocenters. The summed E-state index contributed by atoms with van der Waals surface area (Å²) in [6.45, 7) is 4.36. The van der Waals surface area contributed by atoms with Gasteiger partial charge >= 0.3 is 6.18 Å². The molecule has 0 aromatic heterocycles. The Hall–Kier alpha value is -0.780. The zero-order valence-corrected chi connectivity index (χ0v) is 11.5. The van der Waals surface area contributed by atoms with Gasteiger partial charge in [-0.2, -0.15) is 13.2 Å². The second-order valence-electron chi connectivity index (χ2n) is 5.73. The second kappa shape index (κ2) is 6.59. The van der Waals surface area contributed by atoms with E-state index in [4.69, 9.17) is 5.73 Å². The molecule has 6 heteroatoms. The first-order chi connectivity index (χ1) is 8.75. The third-order valence-electron chi connectivity index (χ3n) is 3.59. The number of carbonyl (C=O) groups is 1. The maximum absolute atomic E-state index is 12.7. The Morgan fingerprint density at radius 2 is 2.05 bits per heavy atom. The van der Waals surface area contributed by atoms with Gasteiger partial charge in [-0.1, -0.05) is 13.8 Å². The van der Waals surface area contributed by atoms with E-state index in [2.05, 4.69) is 0 Å². The van der Waals surface area contributed by atoms with Gasteiger partial charge in [-0.25, -0.2) is 0 Å². The highest BCUT2D eigenvalue weighted by atomic mass is 19.4. The maximum atomic E-state index is 12.7. The van der Waals surface area contributed by atoms with Gasteiger partial charge in [0.2, 0.25) is 5.91 Å². The summed E-state index contributed by atoms with van der Waals surface area (Å²) in [6, 6.07) is 0. The summed E-state index contributed by atoms with van der Waals surface area (Å²) in [5, 5.41) is 0. The van der Waals surface area contributed by atoms with Crippen molar-refractivity contribution in [2.75, 3.05) is 19.6 Å². The van der Waals surface area contributed by atoms with E-state index in [1.165, 1.54) is 4.90 Å². The Morgan fingerprint density at radius 3 is 2.53 bits per heavy atom. The van der Waals surface area contributed by atoms with Crippen LogP contribution in [0.2, 0.25) is 0 Å². The molecular formula is C13H23F3N2O. The van der Waals surface area contributed by atoms with Crippen LogP contribution in [-0.2, 0) is 4.79 Å². The van der Waals surface area contributed by atoms with Gasteiger partial charge in [0.1, 0.15) is 0 Å². The van der Waals surface area contributed by atoms with Gasteiger partial charge in [-0.05, 0) is 25.2 Å². The smallest absolute Gasteiger partial charge is 0.342 e. The van der Waals surface area contributed by atoms with Crippen LogP contribution in [0.1, 0.15) is 33.1 Å². The number of halogens is 3. The number of alkyl halides is 3. The minimum Gasteiger partial charge on any atom is -0.342 e. The fraction of sp³-hybridized carbons (Fsp3) is 0.923. The van der Waals surface area contributed by atoms with Crippen molar-refractivity contribution in [1.82, 2.24) is 4.90 Å². The fourth-order valence-electron chi connectivity index (χ4n) is 2.57. The lowest BCUT2D eigenvalue weighted by Gasteiger charge is -2.35. The van der Waals surface area contributed by atoms with Gasteiger partial charge in [0, 0.05) is 19.6 Å². The molecule has 1 saturated heterocycles. The molecule has 1 aliphatic heterocycles. The minimum atomic E-state index is -4.21. The summed E-state index contributed by atoms with van der Waals surface area (Å²) in [5.74, 6) is -1.65. The predicted molar refractivity (Wildman–Crippen MR) is 67.4 cm³/mol. The van der Waals surface area contributed by atoms with Crippen LogP contribution in [0.4, 0.5) is 13.2 Å². The molecule has 0 aromatic rings. The molecule has 2 unspecified atom stereocenters. The van der Waals surface area contributed by atoms with E-state index in [9.17, 15) is 18.0 Å². The Kier molecular flexibility index (Phi) is 5.64. The number of carbonyl (C=O) groups excluding carboxylic acids is 1. The SMILES string of the molecule is CC(C)CC(CN)C(=O)N1CCCC(C(F)(F)F)C1. The Morgan fingerprint density at radius 1 is 1.42 bits per heavy atom. The highest BCUT2D eigenvalue weighted by Crippen LogP contribution is 2.33. The van der Waals surface area contributed by atoms with Crippen molar-refractivity contribution >= 4 is 5.91 Å². The van der Waals surface area contributed by atoms with Crippen LogP contribution in [0, 0.1) is 17.8 Å². The van der Waals surface area contributed by atoms with Gasteiger partial charge in [-0.15, -0.1) is 0 Å². The fourth-order valence-corrected chi connectivity index (χ4v) is 2.57. The monoisotopic (exact) mass is 280 g/mol. The van der Waals surface area contributed by atoms with Crippen LogP contribution in [0.15, 0.2) is 0 Å². The zero-order chi connectivity index (χ0) is 14.6. The molecule has 0 radical (unpaired) electrons. The first kappa shape index (κ1) is 16.3. The number of hydrogen-bond donors (Lipinski definition) is 1. The summed E-state index contributed by atoms with van der Waals surface area (Å²) in [6.07, 6.45) is -3.06. The molecule has 0 aliphatic carbocycles. The summed E-state index contributed by atoms with van der Waals surface area (Å²) >= 11 is 0. The van der Waals surface area contributed by atoms with Crippen LogP contribution >= 0.6 is 0 Å². The summed E-state index contributed by atoms with van der Waals surface area (Å²) < 4.78 is 38.1. The maximum Gasteiger partial charge on any atom is 0.393 e. The van der Waals surface area contributed by atoms with Gasteiger partial charge in [-0.3, -0.25) is 4.79 Å². The summed E-state index contributed by atoms with van der Waals surface area (Å²) in [5.41, 5.74) is 5.58. The lowest BCUT2D eigenvalue weighted by atomic mass is 9.92. The van der Waals surface area contributed by atoms with E-state index in [-0.39, 0.29) is 31.3 Å². The van der Waals surface area contributed by atoms with Crippen molar-refractivity contribution in [3.8, 4) is 0 Å². The van der Waals surface area contributed by atoms with Crippen molar-refractivity contribution in [1.29, 1.82) is 0 Å². The van der Waals surface area contributed by atoms with E-state index < -0.39 is 12.1 Å². The molecule has 112 valence electrons. The van der Waals surface area contributed by atoms with Crippen molar-refractivity contribution in [2.45, 2.75) is 39.3 Å². The van der Waals surface area contributed by atoms with Crippen molar-refractivity contribution in [2.24, 2.45) is 23.5 Å². The summed E-state index contributed by atoms with van der Waals surface area (Å²) in [4.78, 5) is 13.6. The van der Waals surface area contributed by atoms with Crippen LogP contribution < -0.4 is 5.73 Å². The van der Waals surface area contributed by atoms with E-state index >= 15 is 0 Å². The molecule has 1 heterocycles. The highest BCUT2D eigenvalue weighted by Gasteiger charge is 2.43. The van der Waals surface area contributed by atoms with E-state index in [0.29, 0.717) is 25.3 Å². The lowest BCUT2D eigenvalue weighted by Crippen LogP contribution is -2.48. The van der Waals surface area contributed by atoms with Crippen LogP contribution in [0.5, 0.6) is 0 Å². The van der Waals surface area contributed by atoms with Gasteiger partial charge in [0.15, 0.2) is 0 Å². The molecule has 2 N–H and O–H groups in total. The number of hydrogen-bond acceptors (Lipinski definition) is 2. The van der Waals surface area contributed by atoms with E-state index in [1.54, 1.807) is 0 Å². The number of nitrogens with two attached hydrogens (primary N) is 1. The Bertz CT molecular complexity index is 305. The van der Waals surface area contributed by atoms with Crippen LogP contribution in [-0.4, -0.2) is 36.6 Å². The van der Waals surface area contributed by atoms with Gasteiger partial charge in [0.05, 0.1) is 11.8 Å². The van der Waals surface area contributed by atoms with Crippen molar-refractivity contribution in [3.63, 3.8) is 0 Å². The molecule has 3 nitrogen and oxygen atoms in total. The highest BCUT2D eigenvalue weighted by molar-refractivity contribution is 5.79. The molecule has 0 bridgehead atoms. The largest absolute Gasteiger partial charge is 0.393 e. The standard InChI is InChI=1S/C13H23F3N2O/c1-9(2)6-10(7-17)12(19)18-5-3-4-11(8-18)13(14,15)16/h9-11H,3-8,17H2,1-2H3. The van der Waals surface area contributed by atoms with E-state index in [0.717, 1.165) is 0 Å². The molecule has 0 spiro atoms. The summed E-state index contributed by atoms with van der Waals surface area (Å²) in [7, 11) is 0. The molecule has 1 aliphatic rings. The number of likely N-dealkylation sites (tertiary alicyclic amines) is 1. The number of nitrogens with zero attached hydrogens (tertiary/aromatic N) is 1. The lowest BCUT2D eigenvalue weighted by molar-refractivity contribution is -0.188. The molecule has 0 saturated carbocycles.